The molecule has 2 nitrogen and oxygen atoms in total. The van der Waals surface area contributed by atoms with Crippen LogP contribution in [0.25, 0.3) is 0 Å². The Balaban J connectivity index is 2.74. The number of ether oxygens (including phenoxy) is 1. The molecule has 0 heterocycles. The second-order valence-corrected chi connectivity index (χ2v) is 3.63. The third-order valence-corrected chi connectivity index (χ3v) is 2.47. The monoisotopic (exact) mass is 174 g/mol. The summed E-state index contributed by atoms with van der Waals surface area (Å²) in [6.45, 7) is 8.15. The van der Waals surface area contributed by atoms with E-state index in [9.17, 15) is 0 Å². The standard InChI is InChI=1S/C8H18O2Si/c1-3-8-11-10-7-5-6-9-4-2/h3H,1,4-8,11H2,2H3. The second kappa shape index (κ2) is 9.88. The maximum absolute atomic E-state index is 5.41. The summed E-state index contributed by atoms with van der Waals surface area (Å²) in [5.74, 6) is 0. The molecule has 0 unspecified atom stereocenters. The van der Waals surface area contributed by atoms with Gasteiger partial charge in [-0.15, -0.1) is 6.58 Å². The molecule has 0 aromatic rings. The highest BCUT2D eigenvalue weighted by molar-refractivity contribution is 6.27. The van der Waals surface area contributed by atoms with Gasteiger partial charge in [-0.3, -0.25) is 0 Å². The molecule has 11 heavy (non-hydrogen) atoms. The molecule has 0 radical (unpaired) electrons. The van der Waals surface area contributed by atoms with Gasteiger partial charge < -0.3 is 9.16 Å². The van der Waals surface area contributed by atoms with E-state index in [4.69, 9.17) is 9.16 Å². The largest absolute Gasteiger partial charge is 0.424 e. The van der Waals surface area contributed by atoms with E-state index in [-0.39, 0.29) is 9.76 Å². The van der Waals surface area contributed by atoms with Crippen molar-refractivity contribution in [1.82, 2.24) is 0 Å². The Labute approximate surface area is 71.5 Å². The smallest absolute Gasteiger partial charge is 0.165 e. The van der Waals surface area contributed by atoms with Crippen LogP contribution in [0.4, 0.5) is 0 Å². The molecule has 0 rings (SSSR count). The molecule has 0 saturated carbocycles. The van der Waals surface area contributed by atoms with Crippen molar-refractivity contribution in [1.29, 1.82) is 0 Å². The average Bonchev–Trinajstić information content (AvgIpc) is 2.03. The molecular formula is C8H18O2Si. The molecule has 0 amide bonds. The van der Waals surface area contributed by atoms with Crippen molar-refractivity contribution in [3.63, 3.8) is 0 Å². The van der Waals surface area contributed by atoms with E-state index in [1.807, 2.05) is 13.0 Å². The minimum absolute atomic E-state index is 0.297. The molecule has 0 spiro atoms. The Morgan fingerprint density at radius 3 is 2.91 bits per heavy atom. The van der Waals surface area contributed by atoms with Gasteiger partial charge >= 0.3 is 0 Å². The Morgan fingerprint density at radius 1 is 1.45 bits per heavy atom. The summed E-state index contributed by atoms with van der Waals surface area (Å²) < 4.78 is 10.6. The first kappa shape index (κ1) is 10.9. The van der Waals surface area contributed by atoms with E-state index in [0.29, 0.717) is 0 Å². The Morgan fingerprint density at radius 2 is 2.27 bits per heavy atom. The number of hydrogen-bond donors (Lipinski definition) is 0. The highest BCUT2D eigenvalue weighted by Crippen LogP contribution is 1.86. The van der Waals surface area contributed by atoms with Gasteiger partial charge in [0.05, 0.1) is 0 Å². The van der Waals surface area contributed by atoms with E-state index in [1.54, 1.807) is 0 Å². The van der Waals surface area contributed by atoms with Gasteiger partial charge in [0.25, 0.3) is 0 Å². The zero-order valence-electron chi connectivity index (χ0n) is 7.34. The fraction of sp³-hybridized carbons (Fsp3) is 0.750. The minimum atomic E-state index is -0.297. The molecule has 3 heteroatoms. The molecule has 0 saturated heterocycles. The van der Waals surface area contributed by atoms with Crippen LogP contribution in [0.2, 0.25) is 6.04 Å². The van der Waals surface area contributed by atoms with Crippen molar-refractivity contribution < 1.29 is 9.16 Å². The fourth-order valence-electron chi connectivity index (χ4n) is 0.676. The SMILES string of the molecule is C=CC[SiH2]OCCCOCC. The van der Waals surface area contributed by atoms with Gasteiger partial charge in [-0.2, -0.15) is 0 Å². The minimum Gasteiger partial charge on any atom is -0.424 e. The van der Waals surface area contributed by atoms with Gasteiger partial charge in [0.1, 0.15) is 0 Å². The first-order valence-corrected chi connectivity index (χ1v) is 5.76. The van der Waals surface area contributed by atoms with Gasteiger partial charge in [-0.25, -0.2) is 0 Å². The number of hydrogen-bond acceptors (Lipinski definition) is 2. The predicted octanol–water partition coefficient (Wildman–Crippen LogP) is 1.12. The topological polar surface area (TPSA) is 18.5 Å². The summed E-state index contributed by atoms with van der Waals surface area (Å²) in [7, 11) is -0.297. The molecule has 0 aliphatic carbocycles. The van der Waals surface area contributed by atoms with Crippen LogP contribution >= 0.6 is 0 Å². The van der Waals surface area contributed by atoms with Gasteiger partial charge in [-0.05, 0) is 19.4 Å². The lowest BCUT2D eigenvalue weighted by atomic mass is 10.5. The normalized spacial score (nSPS) is 11.0. The van der Waals surface area contributed by atoms with Crippen molar-refractivity contribution in [2.75, 3.05) is 19.8 Å². The van der Waals surface area contributed by atoms with Crippen LogP contribution in [0, 0.1) is 0 Å². The third kappa shape index (κ3) is 9.88. The van der Waals surface area contributed by atoms with Crippen LogP contribution in [-0.2, 0) is 9.16 Å². The molecule has 0 fully saturated rings. The third-order valence-electron chi connectivity index (χ3n) is 1.25. The summed E-state index contributed by atoms with van der Waals surface area (Å²) in [5, 5.41) is 0. The van der Waals surface area contributed by atoms with Gasteiger partial charge in [-0.1, -0.05) is 6.08 Å². The van der Waals surface area contributed by atoms with E-state index < -0.39 is 0 Å². The quantitative estimate of drug-likeness (QED) is 0.312. The Kier molecular flexibility index (Phi) is 9.77. The molecule has 0 N–H and O–H groups in total. The fourth-order valence-corrected chi connectivity index (χ4v) is 1.42. The molecule has 66 valence electrons. The number of allylic oxidation sites excluding steroid dienone is 1. The highest BCUT2D eigenvalue weighted by Gasteiger charge is 1.87. The molecule has 0 aliphatic rings. The zero-order valence-corrected chi connectivity index (χ0v) is 8.76. The lowest BCUT2D eigenvalue weighted by Crippen LogP contribution is -2.03. The Bertz CT molecular complexity index is 86.2. The van der Waals surface area contributed by atoms with Gasteiger partial charge in [0.15, 0.2) is 9.76 Å². The highest BCUT2D eigenvalue weighted by atomic mass is 28.2. The van der Waals surface area contributed by atoms with Gasteiger partial charge in [0, 0.05) is 19.8 Å². The van der Waals surface area contributed by atoms with Crippen LogP contribution in [0.3, 0.4) is 0 Å². The van der Waals surface area contributed by atoms with Crippen molar-refractivity contribution >= 4 is 9.76 Å². The molecule has 0 aromatic carbocycles. The first-order chi connectivity index (χ1) is 5.41. The summed E-state index contributed by atoms with van der Waals surface area (Å²) in [6, 6.07) is 1.08. The summed E-state index contributed by atoms with van der Waals surface area (Å²) in [6.07, 6.45) is 2.95. The van der Waals surface area contributed by atoms with Crippen LogP contribution < -0.4 is 0 Å². The predicted molar refractivity (Wildman–Crippen MR) is 50.6 cm³/mol. The average molecular weight is 174 g/mol. The first-order valence-electron chi connectivity index (χ1n) is 4.18. The van der Waals surface area contributed by atoms with Crippen LogP contribution in [0.15, 0.2) is 12.7 Å². The number of rotatable bonds is 8. The molecule has 0 bridgehead atoms. The molecule has 0 aromatic heterocycles. The van der Waals surface area contributed by atoms with E-state index >= 15 is 0 Å². The van der Waals surface area contributed by atoms with Crippen LogP contribution in [-0.4, -0.2) is 29.6 Å². The zero-order chi connectivity index (χ0) is 8.36. The maximum atomic E-state index is 5.41. The molecule has 0 aliphatic heterocycles. The summed E-state index contributed by atoms with van der Waals surface area (Å²) >= 11 is 0. The summed E-state index contributed by atoms with van der Waals surface area (Å²) in [4.78, 5) is 0. The van der Waals surface area contributed by atoms with E-state index in [0.717, 1.165) is 32.3 Å². The van der Waals surface area contributed by atoms with Crippen LogP contribution in [0.1, 0.15) is 13.3 Å². The summed E-state index contributed by atoms with van der Waals surface area (Å²) in [5.41, 5.74) is 0. The van der Waals surface area contributed by atoms with E-state index in [2.05, 4.69) is 6.58 Å². The second-order valence-electron chi connectivity index (χ2n) is 2.24. The van der Waals surface area contributed by atoms with Crippen LogP contribution in [0.5, 0.6) is 0 Å². The van der Waals surface area contributed by atoms with Crippen molar-refractivity contribution in [3.05, 3.63) is 12.7 Å². The Hall–Kier alpha value is -0.123. The molecule has 0 atom stereocenters. The van der Waals surface area contributed by atoms with Crippen molar-refractivity contribution in [2.24, 2.45) is 0 Å². The van der Waals surface area contributed by atoms with E-state index in [1.165, 1.54) is 0 Å². The van der Waals surface area contributed by atoms with Gasteiger partial charge in [0.2, 0.25) is 0 Å². The maximum Gasteiger partial charge on any atom is 0.165 e. The molecular weight excluding hydrogens is 156 g/mol. The van der Waals surface area contributed by atoms with Crippen molar-refractivity contribution in [3.8, 4) is 0 Å². The van der Waals surface area contributed by atoms with Crippen molar-refractivity contribution in [2.45, 2.75) is 19.4 Å². The lowest BCUT2D eigenvalue weighted by Gasteiger charge is -2.01. The lowest BCUT2D eigenvalue weighted by molar-refractivity contribution is 0.131.